The number of aromatic nitrogens is 3. The number of aliphatic imine (C=N–C) groups is 1. The van der Waals surface area contributed by atoms with Gasteiger partial charge in [0.2, 0.25) is 0 Å². The van der Waals surface area contributed by atoms with Crippen LogP contribution in [0.1, 0.15) is 59.4 Å². The first-order valence-corrected chi connectivity index (χ1v) is 17.9. The fourth-order valence-corrected chi connectivity index (χ4v) is 8.92. The number of guanidine groups is 1. The number of anilines is 1. The smallest absolute Gasteiger partial charge is 0.261 e. The van der Waals surface area contributed by atoms with Crippen LogP contribution in [0, 0.1) is 40.8 Å². The van der Waals surface area contributed by atoms with E-state index >= 15 is 0 Å². The van der Waals surface area contributed by atoms with Crippen molar-refractivity contribution in [2.24, 2.45) is 40.0 Å². The van der Waals surface area contributed by atoms with Gasteiger partial charge >= 0.3 is 0 Å². The van der Waals surface area contributed by atoms with Crippen molar-refractivity contribution in [2.75, 3.05) is 25.5 Å². The summed E-state index contributed by atoms with van der Waals surface area (Å²) < 4.78 is 21.7. The fraction of sp³-hybridized carbons (Fsp3) is 0.500. The molecule has 0 spiro atoms. The fourth-order valence-electron chi connectivity index (χ4n) is 8.92. The van der Waals surface area contributed by atoms with Crippen LogP contribution in [0.15, 0.2) is 70.7 Å². The van der Waals surface area contributed by atoms with Gasteiger partial charge in [-0.25, -0.2) is 14.4 Å². The Labute approximate surface area is 288 Å². The standard InChI is InChI=1S/C40H49FN6O2/c1-24-16-25(2)23-46(22-24)39(45-35-18-29-17-33(26(35)3)40(29,4)5)43-30-10-12-32-36(19-30)44-37(28-8-7-14-42-21-28)47(38(32)48)15-13-27-9-11-31(49-6)20-34(27)41/h7-12,14,19-21,24-26,29,33,35H,13,15-18,22-23H2,1-6H3,(H,43,45)/t24-,25+,26-,29-,33+,35-/m0/s1. The lowest BCUT2D eigenvalue weighted by atomic mass is 9.45. The zero-order valence-corrected chi connectivity index (χ0v) is 29.6. The van der Waals surface area contributed by atoms with Crippen molar-refractivity contribution in [3.63, 3.8) is 0 Å². The van der Waals surface area contributed by atoms with Gasteiger partial charge in [-0.15, -0.1) is 0 Å². The van der Waals surface area contributed by atoms with Crippen molar-refractivity contribution in [1.82, 2.24) is 19.4 Å². The molecule has 1 aliphatic heterocycles. The Morgan fingerprint density at radius 2 is 1.86 bits per heavy atom. The molecule has 2 bridgehead atoms. The van der Waals surface area contributed by atoms with Gasteiger partial charge in [0.15, 0.2) is 5.96 Å². The maximum absolute atomic E-state index is 14.9. The average Bonchev–Trinajstić information content (AvgIpc) is 3.08. The first kappa shape index (κ1) is 33.2. The molecule has 9 heteroatoms. The van der Waals surface area contributed by atoms with Crippen LogP contribution in [0.4, 0.5) is 10.1 Å². The Morgan fingerprint density at radius 1 is 1.06 bits per heavy atom. The molecule has 6 atom stereocenters. The normalized spacial score (nSPS) is 26.3. The van der Waals surface area contributed by atoms with E-state index in [1.807, 2.05) is 30.3 Å². The molecule has 2 aromatic heterocycles. The molecule has 3 aliphatic carbocycles. The number of halogens is 1. The summed E-state index contributed by atoms with van der Waals surface area (Å²) in [5.74, 6) is 4.64. The van der Waals surface area contributed by atoms with E-state index in [1.54, 1.807) is 29.1 Å². The van der Waals surface area contributed by atoms with Crippen molar-refractivity contribution in [2.45, 2.75) is 72.9 Å². The van der Waals surface area contributed by atoms with E-state index in [2.05, 4.69) is 49.8 Å². The molecule has 2 aromatic carbocycles. The lowest BCUT2D eigenvalue weighted by molar-refractivity contribution is -0.108. The summed E-state index contributed by atoms with van der Waals surface area (Å²) in [6.45, 7) is 14.1. The Morgan fingerprint density at radius 3 is 2.53 bits per heavy atom. The molecule has 258 valence electrons. The number of pyridine rings is 1. The van der Waals surface area contributed by atoms with Gasteiger partial charge < -0.3 is 15.0 Å². The van der Waals surface area contributed by atoms with Crippen molar-refractivity contribution in [3.8, 4) is 17.1 Å². The predicted molar refractivity (Wildman–Crippen MR) is 194 cm³/mol. The summed E-state index contributed by atoms with van der Waals surface area (Å²) in [5.41, 5.74) is 2.91. The highest BCUT2D eigenvalue weighted by molar-refractivity contribution is 5.96. The van der Waals surface area contributed by atoms with Gasteiger partial charge in [0.1, 0.15) is 17.4 Å². The average molecular weight is 665 g/mol. The number of hydrogen-bond acceptors (Lipinski definition) is 5. The van der Waals surface area contributed by atoms with Crippen LogP contribution < -0.4 is 15.6 Å². The van der Waals surface area contributed by atoms with Crippen LogP contribution in [0.25, 0.3) is 22.3 Å². The van der Waals surface area contributed by atoms with E-state index in [-0.39, 0.29) is 24.0 Å². The van der Waals surface area contributed by atoms with Gasteiger partial charge in [-0.3, -0.25) is 14.3 Å². The number of methoxy groups -OCH3 is 1. The van der Waals surface area contributed by atoms with Crippen molar-refractivity contribution in [1.29, 1.82) is 0 Å². The Kier molecular flexibility index (Phi) is 8.96. The van der Waals surface area contributed by atoms with E-state index in [0.29, 0.717) is 63.5 Å². The quantitative estimate of drug-likeness (QED) is 0.161. The number of hydrogen-bond donors (Lipinski definition) is 1. The van der Waals surface area contributed by atoms with Crippen LogP contribution in [-0.2, 0) is 13.0 Å². The zero-order chi connectivity index (χ0) is 34.4. The minimum atomic E-state index is -0.363. The SMILES string of the molecule is COc1ccc(CCn2c(-c3cccnc3)nc3cc(N/C(=N/[C@H]4C[C@@H]5C[C@H]([C@@H]4C)C5(C)C)N4C[C@H](C)C[C@H](C)C4)ccc3c2=O)c(F)c1. The number of benzene rings is 2. The second-order valence-corrected chi connectivity index (χ2v) is 15.5. The maximum Gasteiger partial charge on any atom is 0.261 e. The number of rotatable bonds is 7. The van der Waals surface area contributed by atoms with Gasteiger partial charge in [-0.1, -0.05) is 40.7 Å². The van der Waals surface area contributed by atoms with Gasteiger partial charge in [-0.05, 0) is 103 Å². The number of aryl methyl sites for hydroxylation is 1. The second kappa shape index (κ2) is 13.2. The summed E-state index contributed by atoms with van der Waals surface area (Å²) in [7, 11) is 1.51. The lowest BCUT2D eigenvalue weighted by Crippen LogP contribution is -2.57. The highest BCUT2D eigenvalue weighted by Gasteiger charge is 2.56. The number of nitrogens with one attached hydrogen (secondary N) is 1. The monoisotopic (exact) mass is 664 g/mol. The van der Waals surface area contributed by atoms with Crippen LogP contribution in [0.2, 0.25) is 0 Å². The highest BCUT2D eigenvalue weighted by Crippen LogP contribution is 2.61. The van der Waals surface area contributed by atoms with E-state index in [9.17, 15) is 9.18 Å². The van der Waals surface area contributed by atoms with Gasteiger partial charge in [0.05, 0.1) is 24.1 Å². The summed E-state index contributed by atoms with van der Waals surface area (Å²) in [4.78, 5) is 31.4. The van der Waals surface area contributed by atoms with E-state index in [4.69, 9.17) is 14.7 Å². The van der Waals surface area contributed by atoms with Gasteiger partial charge in [0, 0.05) is 49.3 Å². The Balaban J connectivity index is 1.24. The molecule has 3 heterocycles. The van der Waals surface area contributed by atoms with Crippen LogP contribution >= 0.6 is 0 Å². The molecule has 0 radical (unpaired) electrons. The predicted octanol–water partition coefficient (Wildman–Crippen LogP) is 7.67. The molecule has 8 nitrogen and oxygen atoms in total. The van der Waals surface area contributed by atoms with Gasteiger partial charge in [-0.2, -0.15) is 0 Å². The highest BCUT2D eigenvalue weighted by atomic mass is 19.1. The van der Waals surface area contributed by atoms with E-state index in [0.717, 1.165) is 42.6 Å². The van der Waals surface area contributed by atoms with Crippen molar-refractivity contribution < 1.29 is 9.13 Å². The lowest BCUT2D eigenvalue weighted by Gasteiger charge is -2.61. The molecular formula is C40H49FN6O2. The third kappa shape index (κ3) is 6.44. The summed E-state index contributed by atoms with van der Waals surface area (Å²) in [6.07, 6.45) is 7.39. The van der Waals surface area contributed by atoms with Crippen molar-refractivity contribution >= 4 is 22.5 Å². The molecule has 0 unspecified atom stereocenters. The first-order valence-electron chi connectivity index (χ1n) is 17.9. The van der Waals surface area contributed by atoms with Crippen molar-refractivity contribution in [3.05, 3.63) is 82.7 Å². The maximum atomic E-state index is 14.9. The van der Waals surface area contributed by atoms with E-state index < -0.39 is 0 Å². The number of likely N-dealkylation sites (tertiary alicyclic amines) is 1. The molecule has 8 rings (SSSR count). The third-order valence-corrected chi connectivity index (χ3v) is 11.8. The number of nitrogens with zero attached hydrogens (tertiary/aromatic N) is 5. The minimum absolute atomic E-state index is 0.172. The second-order valence-electron chi connectivity index (χ2n) is 15.5. The molecule has 4 aromatic rings. The molecule has 4 fully saturated rings. The molecule has 1 N–H and O–H groups in total. The Bertz CT molecular complexity index is 1910. The summed E-state index contributed by atoms with van der Waals surface area (Å²) >= 11 is 0. The van der Waals surface area contributed by atoms with Crippen LogP contribution in [0.3, 0.4) is 0 Å². The van der Waals surface area contributed by atoms with Crippen LogP contribution in [-0.4, -0.2) is 51.6 Å². The first-order chi connectivity index (χ1) is 23.5. The number of ether oxygens (including phenoxy) is 1. The number of piperidine rings is 1. The number of fused-ring (bicyclic) bond motifs is 3. The zero-order valence-electron chi connectivity index (χ0n) is 29.6. The molecule has 4 aliphatic rings. The minimum Gasteiger partial charge on any atom is -0.497 e. The van der Waals surface area contributed by atoms with Gasteiger partial charge in [0.25, 0.3) is 5.56 Å². The summed E-state index contributed by atoms with van der Waals surface area (Å²) in [6, 6.07) is 14.6. The molecular weight excluding hydrogens is 615 g/mol. The summed E-state index contributed by atoms with van der Waals surface area (Å²) in [5, 5.41) is 4.23. The molecule has 0 amide bonds. The molecule has 49 heavy (non-hydrogen) atoms. The third-order valence-electron chi connectivity index (χ3n) is 11.8. The topological polar surface area (TPSA) is 84.6 Å². The van der Waals surface area contributed by atoms with Crippen LogP contribution in [0.5, 0.6) is 5.75 Å². The molecule has 3 saturated carbocycles. The molecule has 1 saturated heterocycles. The largest absolute Gasteiger partial charge is 0.497 e. The Hall–Kier alpha value is -4.27. The van der Waals surface area contributed by atoms with E-state index in [1.165, 1.54) is 26.0 Å².